The molecule has 0 unspecified atom stereocenters. The Morgan fingerprint density at radius 3 is 2.05 bits per heavy atom. The molecule has 0 heterocycles. The minimum Gasteiger partial charge on any atom is -0.493 e. The van der Waals surface area contributed by atoms with Gasteiger partial charge in [-0.2, -0.15) is 0 Å². The van der Waals surface area contributed by atoms with Crippen molar-refractivity contribution < 1.29 is 14.2 Å². The van der Waals surface area contributed by atoms with Crippen molar-refractivity contribution in [3.8, 4) is 17.2 Å². The highest BCUT2D eigenvalue weighted by Gasteiger charge is 2.06. The van der Waals surface area contributed by atoms with Gasteiger partial charge in [0.1, 0.15) is 24.0 Å². The summed E-state index contributed by atoms with van der Waals surface area (Å²) >= 11 is 4.99. The molecule has 2 rings (SSSR count). The zero-order chi connectivity index (χ0) is 15.1. The number of hydrogen-bond acceptors (Lipinski definition) is 4. The first-order valence-corrected chi connectivity index (χ1v) is 6.90. The highest BCUT2D eigenvalue weighted by atomic mass is 32.1. The number of hydrogen-bond donors (Lipinski definition) is 1. The van der Waals surface area contributed by atoms with E-state index < -0.39 is 0 Å². The Bertz CT molecular complexity index is 616. The summed E-state index contributed by atoms with van der Waals surface area (Å²) in [5, 5.41) is 0. The topological polar surface area (TPSA) is 53.7 Å². The molecule has 0 fully saturated rings. The highest BCUT2D eigenvalue weighted by Crippen LogP contribution is 2.25. The Morgan fingerprint density at radius 2 is 1.43 bits per heavy atom. The lowest BCUT2D eigenvalue weighted by Crippen LogP contribution is -2.14. The Hall–Kier alpha value is -2.27. The second-order valence-electron chi connectivity index (χ2n) is 4.21. The molecule has 0 spiro atoms. The second kappa shape index (κ2) is 7.50. The molecule has 0 bridgehead atoms. The van der Waals surface area contributed by atoms with E-state index in [2.05, 4.69) is 0 Å². The fraction of sp³-hybridized carbons (Fsp3) is 0.188. The van der Waals surface area contributed by atoms with Gasteiger partial charge < -0.3 is 19.9 Å². The molecular weight excluding hydrogens is 286 g/mol. The maximum absolute atomic E-state index is 5.66. The van der Waals surface area contributed by atoms with Gasteiger partial charge >= 0.3 is 0 Å². The zero-order valence-corrected chi connectivity index (χ0v) is 12.6. The fourth-order valence-corrected chi connectivity index (χ4v) is 2.01. The molecule has 21 heavy (non-hydrogen) atoms. The van der Waals surface area contributed by atoms with Gasteiger partial charge in [-0.1, -0.05) is 36.5 Å². The van der Waals surface area contributed by atoms with Crippen molar-refractivity contribution in [3.05, 3.63) is 54.1 Å². The number of para-hydroxylation sites is 3. The second-order valence-corrected chi connectivity index (χ2v) is 4.65. The van der Waals surface area contributed by atoms with E-state index in [1.165, 1.54) is 0 Å². The quantitative estimate of drug-likeness (QED) is 0.629. The van der Waals surface area contributed by atoms with Crippen molar-refractivity contribution in [1.29, 1.82) is 0 Å². The van der Waals surface area contributed by atoms with Crippen LogP contribution < -0.4 is 19.9 Å². The SMILES string of the molecule is COc1ccccc1OCCOc1ccccc1C(N)=S. The molecule has 5 heteroatoms. The summed E-state index contributed by atoms with van der Waals surface area (Å²) in [6.07, 6.45) is 0. The van der Waals surface area contributed by atoms with E-state index in [1.807, 2.05) is 48.5 Å². The van der Waals surface area contributed by atoms with Crippen molar-refractivity contribution >= 4 is 17.2 Å². The molecule has 0 amide bonds. The van der Waals surface area contributed by atoms with E-state index in [-0.39, 0.29) is 0 Å². The summed E-state index contributed by atoms with van der Waals surface area (Å²) in [5.41, 5.74) is 6.38. The predicted octanol–water partition coefficient (Wildman–Crippen LogP) is 2.79. The van der Waals surface area contributed by atoms with Crippen molar-refractivity contribution in [2.24, 2.45) is 5.73 Å². The van der Waals surface area contributed by atoms with Gasteiger partial charge in [-0.25, -0.2) is 0 Å². The van der Waals surface area contributed by atoms with Crippen LogP contribution >= 0.6 is 12.2 Å². The molecule has 0 aliphatic heterocycles. The van der Waals surface area contributed by atoms with Crippen LogP contribution in [0.2, 0.25) is 0 Å². The third kappa shape index (κ3) is 4.10. The molecule has 2 aromatic rings. The number of thiocarbonyl (C=S) groups is 1. The van der Waals surface area contributed by atoms with E-state index in [9.17, 15) is 0 Å². The summed E-state index contributed by atoms with van der Waals surface area (Å²) < 4.78 is 16.5. The highest BCUT2D eigenvalue weighted by molar-refractivity contribution is 7.80. The van der Waals surface area contributed by atoms with Gasteiger partial charge in [0.25, 0.3) is 0 Å². The summed E-state index contributed by atoms with van der Waals surface area (Å²) in [6.45, 7) is 0.781. The van der Waals surface area contributed by atoms with Gasteiger partial charge in [0.15, 0.2) is 11.5 Å². The maximum Gasteiger partial charge on any atom is 0.161 e. The van der Waals surface area contributed by atoms with Crippen LogP contribution in [0.3, 0.4) is 0 Å². The van der Waals surface area contributed by atoms with E-state index in [0.717, 1.165) is 5.56 Å². The number of ether oxygens (including phenoxy) is 3. The van der Waals surface area contributed by atoms with Crippen LogP contribution in [-0.4, -0.2) is 25.3 Å². The molecular formula is C16H17NO3S. The Morgan fingerprint density at radius 1 is 0.905 bits per heavy atom. The fourth-order valence-electron chi connectivity index (χ4n) is 1.84. The van der Waals surface area contributed by atoms with Crippen molar-refractivity contribution in [3.63, 3.8) is 0 Å². The molecule has 2 aromatic carbocycles. The predicted molar refractivity (Wildman–Crippen MR) is 86.3 cm³/mol. The Labute approximate surface area is 129 Å². The van der Waals surface area contributed by atoms with E-state index in [0.29, 0.717) is 35.5 Å². The van der Waals surface area contributed by atoms with Gasteiger partial charge in [-0.3, -0.25) is 0 Å². The minimum absolute atomic E-state index is 0.316. The van der Waals surface area contributed by atoms with Crippen LogP contribution in [0.4, 0.5) is 0 Å². The van der Waals surface area contributed by atoms with Gasteiger partial charge in [0.05, 0.1) is 12.7 Å². The minimum atomic E-state index is 0.316. The third-order valence-corrected chi connectivity index (χ3v) is 3.04. The van der Waals surface area contributed by atoms with Crippen LogP contribution in [0.1, 0.15) is 5.56 Å². The van der Waals surface area contributed by atoms with Gasteiger partial charge in [0.2, 0.25) is 0 Å². The van der Waals surface area contributed by atoms with Crippen LogP contribution in [0.15, 0.2) is 48.5 Å². The maximum atomic E-state index is 5.66. The van der Waals surface area contributed by atoms with Crippen LogP contribution in [0.25, 0.3) is 0 Å². The lowest BCUT2D eigenvalue weighted by atomic mass is 10.2. The van der Waals surface area contributed by atoms with Crippen molar-refractivity contribution in [2.75, 3.05) is 20.3 Å². The molecule has 0 aliphatic rings. The van der Waals surface area contributed by atoms with Crippen molar-refractivity contribution in [2.45, 2.75) is 0 Å². The molecule has 2 N–H and O–H groups in total. The van der Waals surface area contributed by atoms with Gasteiger partial charge in [-0.15, -0.1) is 0 Å². The molecule has 0 saturated heterocycles. The zero-order valence-electron chi connectivity index (χ0n) is 11.7. The molecule has 0 aromatic heterocycles. The summed E-state index contributed by atoms with van der Waals surface area (Å²) in [7, 11) is 1.61. The summed E-state index contributed by atoms with van der Waals surface area (Å²) in [6, 6.07) is 14.9. The van der Waals surface area contributed by atoms with Crippen LogP contribution in [0.5, 0.6) is 17.2 Å². The molecule has 0 atom stereocenters. The Kier molecular flexibility index (Phi) is 5.40. The van der Waals surface area contributed by atoms with Gasteiger partial charge in [0, 0.05) is 0 Å². The largest absolute Gasteiger partial charge is 0.493 e. The average molecular weight is 303 g/mol. The third-order valence-electron chi connectivity index (χ3n) is 2.82. The molecule has 110 valence electrons. The lowest BCUT2D eigenvalue weighted by molar-refractivity contribution is 0.211. The molecule has 4 nitrogen and oxygen atoms in total. The first-order valence-electron chi connectivity index (χ1n) is 6.50. The van der Waals surface area contributed by atoms with Crippen LogP contribution in [0, 0.1) is 0 Å². The summed E-state index contributed by atoms with van der Waals surface area (Å²) in [4.78, 5) is 0.316. The van der Waals surface area contributed by atoms with E-state index in [1.54, 1.807) is 7.11 Å². The normalized spacial score (nSPS) is 9.95. The Balaban J connectivity index is 1.89. The molecule has 0 aliphatic carbocycles. The van der Waals surface area contributed by atoms with E-state index >= 15 is 0 Å². The first-order chi connectivity index (χ1) is 10.2. The number of nitrogens with two attached hydrogens (primary N) is 1. The average Bonchev–Trinajstić information content (AvgIpc) is 2.52. The van der Waals surface area contributed by atoms with E-state index in [4.69, 9.17) is 32.2 Å². The van der Waals surface area contributed by atoms with Crippen LogP contribution in [-0.2, 0) is 0 Å². The lowest BCUT2D eigenvalue weighted by Gasteiger charge is -2.12. The molecule has 0 radical (unpaired) electrons. The van der Waals surface area contributed by atoms with Crippen molar-refractivity contribution in [1.82, 2.24) is 0 Å². The standard InChI is InChI=1S/C16H17NO3S/c1-18-14-8-4-5-9-15(14)20-11-10-19-13-7-3-2-6-12(13)16(17)21/h2-9H,10-11H2,1H3,(H2,17,21). The number of benzene rings is 2. The molecule has 0 saturated carbocycles. The van der Waals surface area contributed by atoms with Gasteiger partial charge in [-0.05, 0) is 24.3 Å². The number of methoxy groups -OCH3 is 1. The monoisotopic (exact) mass is 303 g/mol. The summed E-state index contributed by atoms with van der Waals surface area (Å²) in [5.74, 6) is 2.04. The first kappa shape index (κ1) is 15.1. The smallest absolute Gasteiger partial charge is 0.161 e. The number of rotatable bonds is 7.